The van der Waals surface area contributed by atoms with Gasteiger partial charge in [0.25, 0.3) is 11.8 Å². The first-order valence-corrected chi connectivity index (χ1v) is 12.3. The second kappa shape index (κ2) is 5.68. The number of nitrogens with one attached hydrogen (secondary N) is 1. The van der Waals surface area contributed by atoms with Gasteiger partial charge in [-0.3, -0.25) is 14.5 Å². The number of likely N-dealkylation sites (N-methyl/N-ethyl adjacent to an activating group) is 1. The smallest absolute Gasteiger partial charge is 0.260 e. The average molecular weight is 467 g/mol. The number of H-pyrrole nitrogens is 1. The Morgan fingerprint density at radius 1 is 1.06 bits per heavy atom. The highest BCUT2D eigenvalue weighted by molar-refractivity contribution is 8.03. The minimum absolute atomic E-state index is 0.140. The van der Waals surface area contributed by atoms with Gasteiger partial charge in [-0.2, -0.15) is 0 Å². The second-order valence-electron chi connectivity index (χ2n) is 8.75. The van der Waals surface area contributed by atoms with E-state index in [9.17, 15) is 18.0 Å². The number of benzene rings is 2. The van der Waals surface area contributed by atoms with Crippen LogP contribution in [0, 0.1) is 0 Å². The standard InChI is InChI=1S/C22H18N4O4S2/c1-24-18-17(27)25-19-21(11-22(25,31-18)20(24)28,14-10-23-15-8-4-2-6-12(14)15)13-7-3-5-9-16(13)26(19)32(29)30/h2-10,18-19,23,32H,11H2,1H3/t18-,19-,21+,22-/m0/s1. The number of carbonyl (C=O) groups excluding carboxylic acids is 2. The molecule has 2 amide bonds. The normalized spacial score (nSPS) is 32.4. The zero-order chi connectivity index (χ0) is 22.0. The fourth-order valence-corrected chi connectivity index (χ4v) is 8.84. The lowest BCUT2D eigenvalue weighted by Crippen LogP contribution is -2.62. The summed E-state index contributed by atoms with van der Waals surface area (Å²) in [5.41, 5.74) is 2.34. The minimum Gasteiger partial charge on any atom is -0.361 e. The number of hydrogen-bond acceptors (Lipinski definition) is 5. The second-order valence-corrected chi connectivity index (χ2v) is 11.0. The fraction of sp³-hybridized carbons (Fsp3) is 0.273. The molecule has 3 aromatic rings. The Morgan fingerprint density at radius 2 is 1.81 bits per heavy atom. The number of piperazine rings is 1. The molecular weight excluding hydrogens is 448 g/mol. The van der Waals surface area contributed by atoms with Crippen molar-refractivity contribution in [2.24, 2.45) is 0 Å². The minimum atomic E-state index is -3.06. The lowest BCUT2D eigenvalue weighted by atomic mass is 9.72. The summed E-state index contributed by atoms with van der Waals surface area (Å²) < 4.78 is 26.6. The third-order valence-electron chi connectivity index (χ3n) is 7.46. The molecule has 4 aliphatic heterocycles. The zero-order valence-electron chi connectivity index (χ0n) is 16.9. The van der Waals surface area contributed by atoms with Crippen molar-refractivity contribution in [1.29, 1.82) is 0 Å². The molecule has 0 radical (unpaired) electrons. The number of fused-ring (bicyclic) bond motifs is 6. The van der Waals surface area contributed by atoms with Crippen LogP contribution in [0.4, 0.5) is 5.69 Å². The number of carbonyl (C=O) groups is 2. The molecule has 1 aromatic heterocycles. The molecule has 1 spiro atoms. The number of amides is 2. The molecule has 1 N–H and O–H groups in total. The van der Waals surface area contributed by atoms with Gasteiger partial charge in [-0.15, -0.1) is 0 Å². The Morgan fingerprint density at radius 3 is 2.62 bits per heavy atom. The lowest BCUT2D eigenvalue weighted by Gasteiger charge is -2.39. The maximum Gasteiger partial charge on any atom is 0.260 e. The van der Waals surface area contributed by atoms with Crippen LogP contribution in [0.1, 0.15) is 17.5 Å². The number of rotatable bonds is 2. The topological polar surface area (TPSA) is 93.8 Å². The molecule has 2 bridgehead atoms. The maximum atomic E-state index is 13.5. The van der Waals surface area contributed by atoms with Crippen LogP contribution in [0.25, 0.3) is 10.9 Å². The van der Waals surface area contributed by atoms with E-state index in [2.05, 4.69) is 4.98 Å². The number of thioether (sulfide) groups is 1. The van der Waals surface area contributed by atoms with E-state index in [-0.39, 0.29) is 11.8 Å². The van der Waals surface area contributed by atoms with E-state index in [1.54, 1.807) is 24.1 Å². The van der Waals surface area contributed by atoms with Crippen molar-refractivity contribution in [3.8, 4) is 0 Å². The van der Waals surface area contributed by atoms with Gasteiger partial charge in [-0.1, -0.05) is 48.2 Å². The quantitative estimate of drug-likeness (QED) is 0.560. The highest BCUT2D eigenvalue weighted by atomic mass is 32.2. The molecule has 0 aliphatic carbocycles. The third-order valence-corrected chi connectivity index (χ3v) is 9.90. The molecule has 4 atom stereocenters. The lowest BCUT2D eigenvalue weighted by molar-refractivity contribution is -0.154. The summed E-state index contributed by atoms with van der Waals surface area (Å²) >= 11 is 1.34. The molecule has 2 aromatic carbocycles. The van der Waals surface area contributed by atoms with Gasteiger partial charge in [0.1, 0.15) is 6.17 Å². The van der Waals surface area contributed by atoms with Crippen LogP contribution >= 0.6 is 11.8 Å². The van der Waals surface area contributed by atoms with Crippen LogP contribution in [0.15, 0.2) is 54.7 Å². The van der Waals surface area contributed by atoms with Crippen molar-refractivity contribution >= 4 is 51.1 Å². The molecule has 5 heterocycles. The Labute approximate surface area is 189 Å². The average Bonchev–Trinajstić information content (AvgIpc) is 3.52. The van der Waals surface area contributed by atoms with E-state index in [1.165, 1.54) is 21.0 Å². The van der Waals surface area contributed by atoms with Gasteiger partial charge >= 0.3 is 0 Å². The number of nitrogens with zero attached hydrogens (tertiary/aromatic N) is 3. The van der Waals surface area contributed by atoms with Gasteiger partial charge in [-0.25, -0.2) is 12.7 Å². The van der Waals surface area contributed by atoms with Crippen molar-refractivity contribution in [3.63, 3.8) is 0 Å². The van der Waals surface area contributed by atoms with E-state index in [1.807, 2.05) is 42.6 Å². The van der Waals surface area contributed by atoms with Gasteiger partial charge in [0.05, 0.1) is 11.1 Å². The Bertz CT molecular complexity index is 1440. The molecule has 4 aliphatic rings. The summed E-state index contributed by atoms with van der Waals surface area (Å²) in [5.74, 6) is -0.349. The summed E-state index contributed by atoms with van der Waals surface area (Å²) in [6.45, 7) is 0. The fourth-order valence-electron chi connectivity index (χ4n) is 6.31. The van der Waals surface area contributed by atoms with Crippen molar-refractivity contribution in [2.75, 3.05) is 11.4 Å². The number of aromatic amines is 1. The zero-order valence-corrected chi connectivity index (χ0v) is 18.6. The highest BCUT2D eigenvalue weighted by Crippen LogP contribution is 2.68. The van der Waals surface area contributed by atoms with Gasteiger partial charge in [-0.05, 0) is 23.3 Å². The summed E-state index contributed by atoms with van der Waals surface area (Å²) in [5, 5.41) is 0.346. The number of thiol groups is 1. The van der Waals surface area contributed by atoms with E-state index in [4.69, 9.17) is 0 Å². The maximum absolute atomic E-state index is 13.5. The molecule has 32 heavy (non-hydrogen) atoms. The number of hydrogen-bond donors (Lipinski definition) is 2. The highest BCUT2D eigenvalue weighted by Gasteiger charge is 2.79. The van der Waals surface area contributed by atoms with Gasteiger partial charge in [0.15, 0.2) is 10.2 Å². The monoisotopic (exact) mass is 466 g/mol. The Balaban J connectivity index is 1.60. The molecule has 0 saturated carbocycles. The van der Waals surface area contributed by atoms with Crippen LogP contribution in [-0.4, -0.2) is 58.5 Å². The Kier molecular flexibility index (Phi) is 3.30. The number of para-hydroxylation sites is 2. The first-order chi connectivity index (χ1) is 15.4. The van der Waals surface area contributed by atoms with Crippen LogP contribution < -0.4 is 4.31 Å². The van der Waals surface area contributed by atoms with Crippen LogP contribution in [-0.2, 0) is 25.9 Å². The van der Waals surface area contributed by atoms with Gasteiger partial charge < -0.3 is 9.88 Å². The Hall–Kier alpha value is -2.98. The molecular formula is C22H18N4O4S2. The van der Waals surface area contributed by atoms with E-state index in [0.29, 0.717) is 12.1 Å². The van der Waals surface area contributed by atoms with Crippen LogP contribution in [0.3, 0.4) is 0 Å². The SMILES string of the molecule is CN1C(=O)[C@@]23C[C@]4(c5c[nH]c6ccccc56)c5ccccc5N([SH](=O)=O)[C@@H]4N2C(=O)[C@@H]1S3. The van der Waals surface area contributed by atoms with Crippen molar-refractivity contribution < 1.29 is 18.0 Å². The predicted molar refractivity (Wildman–Crippen MR) is 120 cm³/mol. The summed E-state index contributed by atoms with van der Waals surface area (Å²) in [7, 11) is -1.41. The first-order valence-electron chi connectivity index (χ1n) is 10.3. The molecule has 8 nitrogen and oxygen atoms in total. The molecule has 0 unspecified atom stereocenters. The van der Waals surface area contributed by atoms with Gasteiger partial charge in [0.2, 0.25) is 10.9 Å². The molecule has 3 fully saturated rings. The first kappa shape index (κ1) is 18.6. The molecule has 162 valence electrons. The van der Waals surface area contributed by atoms with Crippen molar-refractivity contribution in [1.82, 2.24) is 14.8 Å². The summed E-state index contributed by atoms with van der Waals surface area (Å²) in [4.78, 5) is 32.2. The molecule has 7 rings (SSSR count). The number of anilines is 1. The predicted octanol–water partition coefficient (Wildman–Crippen LogP) is 1.60. The summed E-state index contributed by atoms with van der Waals surface area (Å²) in [6.07, 6.45) is 1.40. The van der Waals surface area contributed by atoms with Crippen molar-refractivity contribution in [2.45, 2.75) is 28.2 Å². The van der Waals surface area contributed by atoms with Crippen LogP contribution in [0.2, 0.25) is 0 Å². The summed E-state index contributed by atoms with van der Waals surface area (Å²) in [6, 6.07) is 15.2. The van der Waals surface area contributed by atoms with E-state index in [0.717, 1.165) is 22.0 Å². The largest absolute Gasteiger partial charge is 0.361 e. The molecule has 10 heteroatoms. The van der Waals surface area contributed by atoms with Gasteiger partial charge in [0, 0.05) is 30.6 Å². The van der Waals surface area contributed by atoms with E-state index < -0.39 is 32.7 Å². The number of aromatic nitrogens is 1. The third kappa shape index (κ3) is 1.79. The van der Waals surface area contributed by atoms with E-state index >= 15 is 0 Å². The van der Waals surface area contributed by atoms with Crippen LogP contribution in [0.5, 0.6) is 0 Å². The molecule has 3 saturated heterocycles. The van der Waals surface area contributed by atoms with Crippen molar-refractivity contribution in [3.05, 3.63) is 65.9 Å².